The fourth-order valence-corrected chi connectivity index (χ4v) is 4.45. The molecule has 1 atom stereocenters. The molecule has 0 saturated carbocycles. The molecule has 1 unspecified atom stereocenters. The normalized spacial score (nSPS) is 15.5. The number of benzene rings is 1. The summed E-state index contributed by atoms with van der Waals surface area (Å²) in [5.74, 6) is 0.880. The van der Waals surface area contributed by atoms with E-state index in [0.717, 1.165) is 37.6 Å². The second-order valence-corrected chi connectivity index (χ2v) is 7.95. The number of nitrogens with one attached hydrogen (secondary N) is 2. The predicted molar refractivity (Wildman–Crippen MR) is 140 cm³/mol. The zero-order valence-corrected chi connectivity index (χ0v) is 21.9. The Bertz CT molecular complexity index is 811. The lowest BCUT2D eigenvalue weighted by Gasteiger charge is -2.29. The molecule has 31 heavy (non-hydrogen) atoms. The first-order valence-corrected chi connectivity index (χ1v) is 11.5. The van der Waals surface area contributed by atoms with E-state index in [1.807, 2.05) is 11.7 Å². The molecule has 2 aromatic rings. The van der Waals surface area contributed by atoms with E-state index in [1.165, 1.54) is 42.8 Å². The largest absolute Gasteiger partial charge is 0.357 e. The van der Waals surface area contributed by atoms with Gasteiger partial charge in [0.25, 0.3) is 0 Å². The first-order chi connectivity index (χ1) is 14.7. The predicted octanol–water partition coefficient (Wildman–Crippen LogP) is 4.06. The van der Waals surface area contributed by atoms with E-state index in [9.17, 15) is 0 Å². The third kappa shape index (κ3) is 6.68. The Labute approximate surface area is 204 Å². The second kappa shape index (κ2) is 13.1. The van der Waals surface area contributed by atoms with Gasteiger partial charge in [-0.3, -0.25) is 9.58 Å². The summed E-state index contributed by atoms with van der Waals surface area (Å²) in [6, 6.07) is 11.2. The molecule has 172 valence electrons. The van der Waals surface area contributed by atoms with E-state index in [-0.39, 0.29) is 24.0 Å². The smallest absolute Gasteiger partial charge is 0.191 e. The molecule has 2 heterocycles. The minimum absolute atomic E-state index is 0. The van der Waals surface area contributed by atoms with Crippen LogP contribution in [0.5, 0.6) is 0 Å². The highest BCUT2D eigenvalue weighted by atomic mass is 127. The Hall–Kier alpha value is -1.61. The highest BCUT2D eigenvalue weighted by Crippen LogP contribution is 2.24. The molecule has 1 aliphatic rings. The van der Waals surface area contributed by atoms with Crippen molar-refractivity contribution in [3.05, 3.63) is 52.8 Å². The van der Waals surface area contributed by atoms with E-state index < -0.39 is 0 Å². The lowest BCUT2D eigenvalue weighted by atomic mass is 10.1. The van der Waals surface area contributed by atoms with E-state index in [0.29, 0.717) is 12.6 Å². The molecule has 1 aliphatic heterocycles. The molecule has 6 nitrogen and oxygen atoms in total. The van der Waals surface area contributed by atoms with Crippen LogP contribution in [0.25, 0.3) is 0 Å². The van der Waals surface area contributed by atoms with Crippen molar-refractivity contribution in [2.24, 2.45) is 12.0 Å². The number of likely N-dealkylation sites (tertiary alicyclic amines) is 1. The maximum Gasteiger partial charge on any atom is 0.191 e. The zero-order chi connectivity index (χ0) is 21.3. The van der Waals surface area contributed by atoms with Crippen LogP contribution in [-0.2, 0) is 26.4 Å². The molecular weight excluding hydrogens is 499 g/mol. The van der Waals surface area contributed by atoms with Gasteiger partial charge in [0, 0.05) is 31.4 Å². The van der Waals surface area contributed by atoms with Crippen LogP contribution in [0.15, 0.2) is 35.3 Å². The van der Waals surface area contributed by atoms with Crippen molar-refractivity contribution in [3.8, 4) is 0 Å². The number of aliphatic imine (C=N–C) groups is 1. The summed E-state index contributed by atoms with van der Waals surface area (Å²) in [7, 11) is 2.04. The van der Waals surface area contributed by atoms with Crippen molar-refractivity contribution in [1.82, 2.24) is 25.3 Å². The number of guanidine groups is 1. The van der Waals surface area contributed by atoms with Crippen molar-refractivity contribution >= 4 is 29.9 Å². The van der Waals surface area contributed by atoms with Gasteiger partial charge in [-0.2, -0.15) is 5.10 Å². The molecule has 3 rings (SSSR count). The lowest BCUT2D eigenvalue weighted by molar-refractivity contribution is 0.245. The third-order valence-corrected chi connectivity index (χ3v) is 6.00. The zero-order valence-electron chi connectivity index (χ0n) is 19.5. The van der Waals surface area contributed by atoms with E-state index in [4.69, 9.17) is 4.99 Å². The minimum Gasteiger partial charge on any atom is -0.357 e. The fraction of sp³-hybridized carbons (Fsp3) is 0.583. The molecule has 1 fully saturated rings. The van der Waals surface area contributed by atoms with E-state index in [1.54, 1.807) is 0 Å². The van der Waals surface area contributed by atoms with Crippen LogP contribution in [0, 0.1) is 0 Å². The van der Waals surface area contributed by atoms with Gasteiger partial charge in [-0.05, 0) is 51.3 Å². The monoisotopic (exact) mass is 538 g/mol. The molecule has 0 amide bonds. The average Bonchev–Trinajstić information content (AvgIpc) is 3.40. The van der Waals surface area contributed by atoms with Gasteiger partial charge in [-0.1, -0.05) is 44.2 Å². The summed E-state index contributed by atoms with van der Waals surface area (Å²) >= 11 is 0. The SMILES string of the molecule is CCNC(=NCc1c(CC)nn(C)c1CC)NCC(c1ccccc1)N1CCCC1.I. The summed E-state index contributed by atoms with van der Waals surface area (Å²) in [6.07, 6.45) is 4.49. The summed E-state index contributed by atoms with van der Waals surface area (Å²) in [4.78, 5) is 7.52. The highest BCUT2D eigenvalue weighted by Gasteiger charge is 2.23. The average molecular weight is 539 g/mol. The molecule has 1 saturated heterocycles. The highest BCUT2D eigenvalue weighted by molar-refractivity contribution is 14.0. The number of aryl methyl sites for hydroxylation is 2. The van der Waals surface area contributed by atoms with Crippen LogP contribution in [0.2, 0.25) is 0 Å². The number of rotatable bonds is 9. The van der Waals surface area contributed by atoms with Crippen LogP contribution >= 0.6 is 24.0 Å². The lowest BCUT2D eigenvalue weighted by Crippen LogP contribution is -2.42. The Balaban J connectivity index is 0.00000341. The Morgan fingerprint density at radius 1 is 1.06 bits per heavy atom. The molecule has 1 aromatic heterocycles. The van der Waals surface area contributed by atoms with Crippen molar-refractivity contribution in [2.45, 2.75) is 59.0 Å². The van der Waals surface area contributed by atoms with Crippen molar-refractivity contribution in [3.63, 3.8) is 0 Å². The molecule has 2 N–H and O–H groups in total. The van der Waals surface area contributed by atoms with Gasteiger partial charge in [-0.15, -0.1) is 24.0 Å². The number of nitrogens with zero attached hydrogens (tertiary/aromatic N) is 4. The van der Waals surface area contributed by atoms with Gasteiger partial charge >= 0.3 is 0 Å². The van der Waals surface area contributed by atoms with Crippen molar-refractivity contribution in [1.29, 1.82) is 0 Å². The van der Waals surface area contributed by atoms with Crippen molar-refractivity contribution in [2.75, 3.05) is 26.2 Å². The first-order valence-electron chi connectivity index (χ1n) is 11.5. The van der Waals surface area contributed by atoms with E-state index >= 15 is 0 Å². The molecule has 1 aromatic carbocycles. The van der Waals surface area contributed by atoms with Gasteiger partial charge in [0.2, 0.25) is 0 Å². The van der Waals surface area contributed by atoms with Gasteiger partial charge < -0.3 is 10.6 Å². The number of halogens is 1. The second-order valence-electron chi connectivity index (χ2n) is 7.95. The van der Waals surface area contributed by atoms with Gasteiger partial charge in [0.15, 0.2) is 5.96 Å². The number of aromatic nitrogens is 2. The number of hydrogen-bond acceptors (Lipinski definition) is 3. The quantitative estimate of drug-likeness (QED) is 0.288. The topological polar surface area (TPSA) is 57.5 Å². The maximum absolute atomic E-state index is 4.93. The standard InChI is InChI=1S/C24H38N6.HI/c1-5-21-20(22(6-2)29(4)28-21)17-26-24(25-7-3)27-18-23(30-15-11-12-16-30)19-13-9-8-10-14-19;/h8-10,13-14,23H,5-7,11-12,15-18H2,1-4H3,(H2,25,26,27);1H. The van der Waals surface area contributed by atoms with Crippen LogP contribution in [0.1, 0.15) is 62.2 Å². The maximum atomic E-state index is 4.93. The summed E-state index contributed by atoms with van der Waals surface area (Å²) in [5.41, 5.74) is 5.09. The van der Waals surface area contributed by atoms with E-state index in [2.05, 4.69) is 71.7 Å². The number of hydrogen-bond donors (Lipinski definition) is 2. The van der Waals surface area contributed by atoms with Crippen LogP contribution in [0.3, 0.4) is 0 Å². The molecule has 0 spiro atoms. The minimum atomic E-state index is 0. The van der Waals surface area contributed by atoms with Crippen LogP contribution < -0.4 is 10.6 Å². The first kappa shape index (κ1) is 25.6. The summed E-state index contributed by atoms with van der Waals surface area (Å²) in [6.45, 7) is 11.2. The van der Waals surface area contributed by atoms with Crippen molar-refractivity contribution < 1.29 is 0 Å². The van der Waals surface area contributed by atoms with Crippen LogP contribution in [-0.4, -0.2) is 46.8 Å². The molecule has 0 radical (unpaired) electrons. The van der Waals surface area contributed by atoms with Gasteiger partial charge in [-0.25, -0.2) is 4.99 Å². The molecule has 0 bridgehead atoms. The Morgan fingerprint density at radius 3 is 2.39 bits per heavy atom. The third-order valence-electron chi connectivity index (χ3n) is 6.00. The summed E-state index contributed by atoms with van der Waals surface area (Å²) < 4.78 is 2.02. The fourth-order valence-electron chi connectivity index (χ4n) is 4.45. The van der Waals surface area contributed by atoms with Gasteiger partial charge in [0.05, 0.1) is 18.3 Å². The molecular formula is C24H39IN6. The Kier molecular flexibility index (Phi) is 10.8. The Morgan fingerprint density at radius 2 is 1.77 bits per heavy atom. The molecule has 0 aliphatic carbocycles. The van der Waals surface area contributed by atoms with Gasteiger partial charge in [0.1, 0.15) is 0 Å². The van der Waals surface area contributed by atoms with Crippen LogP contribution in [0.4, 0.5) is 0 Å². The molecule has 7 heteroatoms. The summed E-state index contributed by atoms with van der Waals surface area (Å²) in [5, 5.41) is 11.7.